The average Bonchev–Trinajstić information content (AvgIpc) is 3.18. The van der Waals surface area contributed by atoms with E-state index in [0.29, 0.717) is 11.8 Å². The van der Waals surface area contributed by atoms with E-state index in [1.54, 1.807) is 0 Å². The van der Waals surface area contributed by atoms with Crippen molar-refractivity contribution in [2.45, 2.75) is 30.3 Å². The highest BCUT2D eigenvalue weighted by Crippen LogP contribution is 2.27. The van der Waals surface area contributed by atoms with E-state index in [1.165, 1.54) is 37.3 Å². The Morgan fingerprint density at radius 1 is 1.56 bits per heavy atom. The molecule has 0 unspecified atom stereocenters. The molecular weight excluding hydrogens is 314 g/mol. The van der Waals surface area contributed by atoms with Gasteiger partial charge < -0.3 is 10.1 Å². The van der Waals surface area contributed by atoms with Crippen LogP contribution in [0, 0.1) is 0 Å². The molecule has 18 heavy (non-hydrogen) atoms. The van der Waals surface area contributed by atoms with Crippen LogP contribution in [0.25, 0.3) is 0 Å². The van der Waals surface area contributed by atoms with Gasteiger partial charge in [0, 0.05) is 22.0 Å². The Morgan fingerprint density at radius 2 is 2.33 bits per heavy atom. The lowest BCUT2D eigenvalue weighted by molar-refractivity contribution is -0.137. The summed E-state index contributed by atoms with van der Waals surface area (Å²) >= 11 is 5.01. The number of benzene rings is 1. The van der Waals surface area contributed by atoms with E-state index in [-0.39, 0.29) is 5.97 Å². The lowest BCUT2D eigenvalue weighted by Crippen LogP contribution is -2.16. The fourth-order valence-electron chi connectivity index (χ4n) is 1.56. The third kappa shape index (κ3) is 4.30. The summed E-state index contributed by atoms with van der Waals surface area (Å²) in [5.41, 5.74) is 1.23. The molecule has 0 bridgehead atoms. The summed E-state index contributed by atoms with van der Waals surface area (Å²) in [5.74, 6) is 0.165. The molecule has 1 aromatic carbocycles. The van der Waals surface area contributed by atoms with Crippen molar-refractivity contribution in [2.24, 2.45) is 0 Å². The van der Waals surface area contributed by atoms with Gasteiger partial charge in [0.2, 0.25) is 0 Å². The van der Waals surface area contributed by atoms with Gasteiger partial charge in [-0.2, -0.15) is 0 Å². The molecule has 0 heterocycles. The Labute approximate surface area is 120 Å². The monoisotopic (exact) mass is 329 g/mol. The van der Waals surface area contributed by atoms with Crippen LogP contribution in [0.3, 0.4) is 0 Å². The smallest absolute Gasteiger partial charge is 0.315 e. The minimum absolute atomic E-state index is 0.191. The van der Waals surface area contributed by atoms with Crippen LogP contribution in [0.1, 0.15) is 18.4 Å². The van der Waals surface area contributed by atoms with E-state index in [4.69, 9.17) is 0 Å². The lowest BCUT2D eigenvalue weighted by Gasteiger charge is -2.10. The first-order valence-corrected chi connectivity index (χ1v) is 7.68. The van der Waals surface area contributed by atoms with E-state index >= 15 is 0 Å². The minimum Gasteiger partial charge on any atom is -0.468 e. The van der Waals surface area contributed by atoms with Crippen LogP contribution in [-0.2, 0) is 16.1 Å². The van der Waals surface area contributed by atoms with Gasteiger partial charge in [-0.3, -0.25) is 4.79 Å². The van der Waals surface area contributed by atoms with Crippen molar-refractivity contribution in [3.63, 3.8) is 0 Å². The molecule has 0 aliphatic heterocycles. The van der Waals surface area contributed by atoms with E-state index in [1.807, 2.05) is 12.1 Å². The molecule has 0 atom stereocenters. The predicted molar refractivity (Wildman–Crippen MR) is 76.7 cm³/mol. The van der Waals surface area contributed by atoms with Crippen LogP contribution in [0.5, 0.6) is 0 Å². The van der Waals surface area contributed by atoms with Crippen molar-refractivity contribution in [2.75, 3.05) is 12.9 Å². The molecular formula is C13H16BrNO2S. The quantitative estimate of drug-likeness (QED) is 0.643. The Bertz CT molecular complexity index is 435. The lowest BCUT2D eigenvalue weighted by atomic mass is 10.2. The second-order valence-corrected chi connectivity index (χ2v) is 6.20. The van der Waals surface area contributed by atoms with Crippen molar-refractivity contribution >= 4 is 33.7 Å². The molecule has 1 N–H and O–H groups in total. The summed E-state index contributed by atoms with van der Waals surface area (Å²) in [6, 6.07) is 6.83. The standard InChI is InChI=1S/C13H16BrNO2S/c1-17-13(16)8-18-12-5-2-10(14)6-9(12)7-15-11-3-4-11/h2,5-6,11,15H,3-4,7-8H2,1H3. The number of esters is 1. The van der Waals surface area contributed by atoms with Crippen LogP contribution in [0.2, 0.25) is 0 Å². The molecule has 0 amide bonds. The molecule has 5 heteroatoms. The van der Waals surface area contributed by atoms with Gasteiger partial charge in [0.15, 0.2) is 0 Å². The Morgan fingerprint density at radius 3 is 3.00 bits per heavy atom. The number of carbonyl (C=O) groups excluding carboxylic acids is 1. The highest BCUT2D eigenvalue weighted by atomic mass is 79.9. The Balaban J connectivity index is 1.99. The van der Waals surface area contributed by atoms with Gasteiger partial charge in [-0.05, 0) is 36.6 Å². The van der Waals surface area contributed by atoms with Crippen molar-refractivity contribution in [3.05, 3.63) is 28.2 Å². The summed E-state index contributed by atoms with van der Waals surface area (Å²) < 4.78 is 5.73. The maximum Gasteiger partial charge on any atom is 0.315 e. The highest BCUT2D eigenvalue weighted by Gasteiger charge is 2.20. The Kier molecular flexibility index (Phi) is 5.09. The number of hydrogen-bond donors (Lipinski definition) is 1. The maximum atomic E-state index is 11.2. The van der Waals surface area contributed by atoms with Gasteiger partial charge in [0.05, 0.1) is 12.9 Å². The summed E-state index contributed by atoms with van der Waals surface area (Å²) in [6.45, 7) is 0.855. The SMILES string of the molecule is COC(=O)CSc1ccc(Br)cc1CNC1CC1. The predicted octanol–water partition coefficient (Wildman–Crippen LogP) is 2.97. The van der Waals surface area contributed by atoms with E-state index in [2.05, 4.69) is 32.0 Å². The molecule has 98 valence electrons. The number of nitrogens with one attached hydrogen (secondary N) is 1. The number of methoxy groups -OCH3 is 1. The number of halogens is 1. The number of thioether (sulfide) groups is 1. The van der Waals surface area contributed by atoms with Crippen molar-refractivity contribution in [1.82, 2.24) is 5.32 Å². The number of rotatable bonds is 6. The molecule has 1 fully saturated rings. The van der Waals surface area contributed by atoms with Crippen molar-refractivity contribution < 1.29 is 9.53 Å². The molecule has 0 saturated heterocycles. The molecule has 0 aromatic heterocycles. The first-order valence-electron chi connectivity index (χ1n) is 5.90. The second kappa shape index (κ2) is 6.59. The first-order chi connectivity index (χ1) is 8.69. The zero-order valence-corrected chi connectivity index (χ0v) is 12.6. The van der Waals surface area contributed by atoms with E-state index in [0.717, 1.165) is 15.9 Å². The molecule has 1 aliphatic carbocycles. The van der Waals surface area contributed by atoms with Crippen LogP contribution >= 0.6 is 27.7 Å². The van der Waals surface area contributed by atoms with Crippen LogP contribution < -0.4 is 5.32 Å². The third-order valence-corrected chi connectivity index (χ3v) is 4.34. The first kappa shape index (κ1) is 13.9. The molecule has 1 aliphatic rings. The summed E-state index contributed by atoms with van der Waals surface area (Å²) in [6.07, 6.45) is 2.55. The van der Waals surface area contributed by atoms with E-state index in [9.17, 15) is 4.79 Å². The fraction of sp³-hybridized carbons (Fsp3) is 0.462. The van der Waals surface area contributed by atoms with Gasteiger partial charge >= 0.3 is 5.97 Å². The summed E-state index contributed by atoms with van der Waals surface area (Å²) in [7, 11) is 1.42. The largest absolute Gasteiger partial charge is 0.468 e. The molecule has 1 aromatic rings. The van der Waals surface area contributed by atoms with Gasteiger partial charge in [0.25, 0.3) is 0 Å². The van der Waals surface area contributed by atoms with Crippen LogP contribution in [0.4, 0.5) is 0 Å². The van der Waals surface area contributed by atoms with Gasteiger partial charge in [-0.25, -0.2) is 0 Å². The fourth-order valence-corrected chi connectivity index (χ4v) is 2.84. The summed E-state index contributed by atoms with van der Waals surface area (Å²) in [4.78, 5) is 12.3. The third-order valence-electron chi connectivity index (χ3n) is 2.75. The highest BCUT2D eigenvalue weighted by molar-refractivity contribution is 9.10. The topological polar surface area (TPSA) is 38.3 Å². The average molecular weight is 330 g/mol. The van der Waals surface area contributed by atoms with Gasteiger partial charge in [0.1, 0.15) is 0 Å². The second-order valence-electron chi connectivity index (χ2n) is 4.27. The summed E-state index contributed by atoms with van der Waals surface area (Å²) in [5, 5.41) is 3.49. The normalized spacial score (nSPS) is 14.6. The number of ether oxygens (including phenoxy) is 1. The molecule has 1 saturated carbocycles. The van der Waals surface area contributed by atoms with Crippen molar-refractivity contribution in [3.8, 4) is 0 Å². The number of hydrogen-bond acceptors (Lipinski definition) is 4. The maximum absolute atomic E-state index is 11.2. The van der Waals surface area contributed by atoms with Gasteiger partial charge in [-0.15, -0.1) is 11.8 Å². The zero-order chi connectivity index (χ0) is 13.0. The molecule has 2 rings (SSSR count). The minimum atomic E-state index is -0.191. The van der Waals surface area contributed by atoms with Crippen molar-refractivity contribution in [1.29, 1.82) is 0 Å². The van der Waals surface area contributed by atoms with E-state index < -0.39 is 0 Å². The van der Waals surface area contributed by atoms with Crippen LogP contribution in [-0.4, -0.2) is 24.9 Å². The van der Waals surface area contributed by atoms with Gasteiger partial charge in [-0.1, -0.05) is 15.9 Å². The Hall–Kier alpha value is -0.520. The molecule has 0 spiro atoms. The van der Waals surface area contributed by atoms with Crippen LogP contribution in [0.15, 0.2) is 27.6 Å². The zero-order valence-electron chi connectivity index (χ0n) is 10.2. The molecule has 3 nitrogen and oxygen atoms in total. The number of carbonyl (C=O) groups is 1. The molecule has 0 radical (unpaired) electrons.